The van der Waals surface area contributed by atoms with Crippen LogP contribution in [0.2, 0.25) is 0 Å². The highest BCUT2D eigenvalue weighted by molar-refractivity contribution is 5.96. The van der Waals surface area contributed by atoms with Crippen molar-refractivity contribution in [3.8, 4) is 0 Å². The molecule has 0 fully saturated rings. The molecule has 1 aromatic rings. The predicted molar refractivity (Wildman–Crippen MR) is 69.5 cm³/mol. The van der Waals surface area contributed by atoms with Crippen molar-refractivity contribution in [3.63, 3.8) is 0 Å². The summed E-state index contributed by atoms with van der Waals surface area (Å²) >= 11 is 0. The van der Waals surface area contributed by atoms with Crippen LogP contribution in [0.15, 0.2) is 12.1 Å². The smallest absolute Gasteiger partial charge is 0.303 e. The molecule has 4 N–H and O–H groups in total. The predicted octanol–water partition coefficient (Wildman–Crippen LogP) is 1.50. The number of nitrogens with two attached hydrogens (primary N) is 1. The molecule has 1 atom stereocenters. The minimum absolute atomic E-state index is 0.158. The molecule has 0 aliphatic carbocycles. The fourth-order valence-corrected chi connectivity index (χ4v) is 1.72. The number of carboxylic acids is 1. The molecule has 0 bridgehead atoms. The number of nitrogens with one attached hydrogen (secondary N) is 1. The SMILES string of the molecule is CC(CC(=O)O)CC(=O)Nc1cc(C(N)=O)c(F)cc1F. The minimum Gasteiger partial charge on any atom is -0.481 e. The molecule has 0 radical (unpaired) electrons. The van der Waals surface area contributed by atoms with Gasteiger partial charge in [0.25, 0.3) is 5.91 Å². The maximum atomic E-state index is 13.5. The Balaban J connectivity index is 2.83. The van der Waals surface area contributed by atoms with Gasteiger partial charge in [0.15, 0.2) is 0 Å². The van der Waals surface area contributed by atoms with E-state index in [1.165, 1.54) is 0 Å². The molecular weight excluding hydrogens is 286 g/mol. The number of hydrogen-bond donors (Lipinski definition) is 3. The van der Waals surface area contributed by atoms with Gasteiger partial charge >= 0.3 is 5.97 Å². The molecule has 6 nitrogen and oxygen atoms in total. The highest BCUT2D eigenvalue weighted by atomic mass is 19.1. The fraction of sp³-hybridized carbons (Fsp3) is 0.308. The Morgan fingerprint density at radius 2 is 1.86 bits per heavy atom. The third-order valence-corrected chi connectivity index (χ3v) is 2.65. The number of rotatable bonds is 6. The van der Waals surface area contributed by atoms with Crippen LogP contribution in [-0.2, 0) is 9.59 Å². The van der Waals surface area contributed by atoms with Gasteiger partial charge in [0.1, 0.15) is 11.6 Å². The Kier molecular flexibility index (Phi) is 5.34. The Hall–Kier alpha value is -2.51. The van der Waals surface area contributed by atoms with Crippen molar-refractivity contribution in [2.24, 2.45) is 11.7 Å². The van der Waals surface area contributed by atoms with Crippen LogP contribution in [0, 0.1) is 17.6 Å². The van der Waals surface area contributed by atoms with Gasteiger partial charge in [0, 0.05) is 18.9 Å². The second-order valence-corrected chi connectivity index (χ2v) is 4.63. The van der Waals surface area contributed by atoms with Gasteiger partial charge in [0.2, 0.25) is 5.91 Å². The standard InChI is InChI=1S/C13H14F2N2O4/c1-6(3-12(19)20)2-11(18)17-10-4-7(13(16)21)8(14)5-9(10)15/h4-6H,2-3H2,1H3,(H2,16,21)(H,17,18)(H,19,20). The van der Waals surface area contributed by atoms with Gasteiger partial charge in [-0.05, 0) is 12.0 Å². The fourth-order valence-electron chi connectivity index (χ4n) is 1.72. The summed E-state index contributed by atoms with van der Waals surface area (Å²) in [5.41, 5.74) is 3.98. The molecule has 8 heteroatoms. The number of amides is 2. The average molecular weight is 300 g/mol. The number of carbonyl (C=O) groups excluding carboxylic acids is 2. The van der Waals surface area contributed by atoms with E-state index in [2.05, 4.69) is 5.32 Å². The Morgan fingerprint density at radius 1 is 1.24 bits per heavy atom. The van der Waals surface area contributed by atoms with Crippen LogP contribution >= 0.6 is 0 Å². The van der Waals surface area contributed by atoms with E-state index in [0.717, 1.165) is 6.07 Å². The lowest BCUT2D eigenvalue weighted by Crippen LogP contribution is -2.19. The van der Waals surface area contributed by atoms with Gasteiger partial charge in [-0.15, -0.1) is 0 Å². The van der Waals surface area contributed by atoms with E-state index in [1.54, 1.807) is 6.92 Å². The summed E-state index contributed by atoms with van der Waals surface area (Å²) < 4.78 is 26.8. The summed E-state index contributed by atoms with van der Waals surface area (Å²) in [6.45, 7) is 1.55. The normalized spacial score (nSPS) is 11.8. The van der Waals surface area contributed by atoms with Crippen LogP contribution in [0.4, 0.5) is 14.5 Å². The van der Waals surface area contributed by atoms with E-state index in [1.807, 2.05) is 0 Å². The number of aliphatic carboxylic acids is 1. The van der Waals surface area contributed by atoms with Crippen LogP contribution in [-0.4, -0.2) is 22.9 Å². The van der Waals surface area contributed by atoms with Crippen molar-refractivity contribution >= 4 is 23.5 Å². The number of halogens is 2. The van der Waals surface area contributed by atoms with Crippen molar-refractivity contribution in [2.75, 3.05) is 5.32 Å². The van der Waals surface area contributed by atoms with Crippen molar-refractivity contribution in [3.05, 3.63) is 29.3 Å². The van der Waals surface area contributed by atoms with Crippen LogP contribution in [0.3, 0.4) is 0 Å². The van der Waals surface area contributed by atoms with E-state index >= 15 is 0 Å². The van der Waals surface area contributed by atoms with E-state index in [0.29, 0.717) is 6.07 Å². The Bertz CT molecular complexity index is 590. The summed E-state index contributed by atoms with van der Waals surface area (Å²) in [6, 6.07) is 1.24. The summed E-state index contributed by atoms with van der Waals surface area (Å²) in [6.07, 6.45) is -0.374. The minimum atomic E-state index is -1.13. The molecule has 2 amide bonds. The molecule has 0 aromatic heterocycles. The first kappa shape index (κ1) is 16.5. The van der Waals surface area contributed by atoms with Gasteiger partial charge in [-0.1, -0.05) is 6.92 Å². The molecule has 1 unspecified atom stereocenters. The van der Waals surface area contributed by atoms with Gasteiger partial charge in [-0.3, -0.25) is 14.4 Å². The lowest BCUT2D eigenvalue weighted by atomic mass is 10.0. The topological polar surface area (TPSA) is 109 Å². The zero-order chi connectivity index (χ0) is 16.2. The lowest BCUT2D eigenvalue weighted by molar-refractivity contribution is -0.138. The highest BCUT2D eigenvalue weighted by Gasteiger charge is 2.17. The van der Waals surface area contributed by atoms with Crippen LogP contribution in [0.5, 0.6) is 0 Å². The molecule has 1 aromatic carbocycles. The maximum absolute atomic E-state index is 13.5. The molecule has 0 aliphatic heterocycles. The number of hydrogen-bond acceptors (Lipinski definition) is 3. The number of anilines is 1. The van der Waals surface area contributed by atoms with Crippen molar-refractivity contribution in [2.45, 2.75) is 19.8 Å². The largest absolute Gasteiger partial charge is 0.481 e. The van der Waals surface area contributed by atoms with Crippen molar-refractivity contribution in [1.29, 1.82) is 0 Å². The number of primary amides is 1. The van der Waals surface area contributed by atoms with Gasteiger partial charge in [0.05, 0.1) is 11.3 Å². The quantitative estimate of drug-likeness (QED) is 0.739. The zero-order valence-corrected chi connectivity index (χ0v) is 11.2. The van der Waals surface area contributed by atoms with Crippen molar-refractivity contribution in [1.82, 2.24) is 0 Å². The van der Waals surface area contributed by atoms with Crippen LogP contribution in [0.25, 0.3) is 0 Å². The molecule has 1 rings (SSSR count). The first-order valence-electron chi connectivity index (χ1n) is 6.01. The molecule has 114 valence electrons. The second kappa shape index (κ2) is 6.78. The lowest BCUT2D eigenvalue weighted by Gasteiger charge is -2.11. The number of carbonyl (C=O) groups is 3. The van der Waals surface area contributed by atoms with Gasteiger partial charge in [-0.25, -0.2) is 8.78 Å². The number of benzene rings is 1. The van der Waals surface area contributed by atoms with Crippen LogP contribution in [0.1, 0.15) is 30.1 Å². The summed E-state index contributed by atoms with van der Waals surface area (Å²) in [5, 5.41) is 10.7. The van der Waals surface area contributed by atoms with Gasteiger partial charge < -0.3 is 16.2 Å². The van der Waals surface area contributed by atoms with Crippen LogP contribution < -0.4 is 11.1 Å². The Morgan fingerprint density at radius 3 is 2.38 bits per heavy atom. The van der Waals surface area contributed by atoms with E-state index < -0.39 is 46.6 Å². The first-order chi connectivity index (χ1) is 9.70. The maximum Gasteiger partial charge on any atom is 0.303 e. The molecule has 0 saturated heterocycles. The first-order valence-corrected chi connectivity index (χ1v) is 6.01. The second-order valence-electron chi connectivity index (χ2n) is 4.63. The average Bonchev–Trinajstić information content (AvgIpc) is 2.30. The van der Waals surface area contributed by atoms with E-state index in [4.69, 9.17) is 10.8 Å². The highest BCUT2D eigenvalue weighted by Crippen LogP contribution is 2.20. The van der Waals surface area contributed by atoms with E-state index in [-0.39, 0.29) is 12.8 Å². The summed E-state index contributed by atoms with van der Waals surface area (Å²) in [4.78, 5) is 33.1. The molecule has 0 aliphatic rings. The molecule has 21 heavy (non-hydrogen) atoms. The van der Waals surface area contributed by atoms with E-state index in [9.17, 15) is 23.2 Å². The third kappa shape index (κ3) is 4.83. The molecule has 0 heterocycles. The van der Waals surface area contributed by atoms with Gasteiger partial charge in [-0.2, -0.15) is 0 Å². The molecular formula is C13H14F2N2O4. The monoisotopic (exact) mass is 300 g/mol. The van der Waals surface area contributed by atoms with Crippen molar-refractivity contribution < 1.29 is 28.3 Å². The summed E-state index contributed by atoms with van der Waals surface area (Å²) in [5.74, 6) is -5.44. The Labute approximate surface area is 118 Å². The zero-order valence-electron chi connectivity index (χ0n) is 11.2. The third-order valence-electron chi connectivity index (χ3n) is 2.65. The molecule has 0 saturated carbocycles. The summed E-state index contributed by atoms with van der Waals surface area (Å²) in [7, 11) is 0. The molecule has 0 spiro atoms. The number of carboxylic acid groups (broad SMARTS) is 1.